The average molecular weight is 424 g/mol. The molecule has 1 aromatic carbocycles. The van der Waals surface area contributed by atoms with Gasteiger partial charge in [0.1, 0.15) is 0 Å². The molecule has 152 valence electrons. The maximum absolute atomic E-state index is 12.3. The lowest BCUT2D eigenvalue weighted by Crippen LogP contribution is -2.46. The van der Waals surface area contributed by atoms with E-state index >= 15 is 0 Å². The smallest absolute Gasteiger partial charge is 0.317 e. The molecule has 0 spiro atoms. The number of carbonyl (C=O) groups excluding carboxylic acids is 1. The summed E-state index contributed by atoms with van der Waals surface area (Å²) in [6.07, 6.45) is 1.63. The van der Waals surface area contributed by atoms with Gasteiger partial charge in [-0.2, -0.15) is 8.78 Å². The summed E-state index contributed by atoms with van der Waals surface area (Å²) < 4.78 is 24.6. The molecule has 0 aliphatic carbocycles. The fourth-order valence-electron chi connectivity index (χ4n) is 2.98. The van der Waals surface area contributed by atoms with Crippen LogP contribution in [0.3, 0.4) is 0 Å². The van der Waals surface area contributed by atoms with Gasteiger partial charge in [0.15, 0.2) is 0 Å². The third kappa shape index (κ3) is 8.42. The van der Waals surface area contributed by atoms with Crippen molar-refractivity contribution in [2.75, 3.05) is 38.5 Å². The highest BCUT2D eigenvalue weighted by Crippen LogP contribution is 2.26. The molecule has 1 aliphatic rings. The highest BCUT2D eigenvalue weighted by atomic mass is 35.5. The van der Waals surface area contributed by atoms with Gasteiger partial charge in [-0.05, 0) is 44.2 Å². The van der Waals surface area contributed by atoms with E-state index in [2.05, 4.69) is 5.32 Å². The number of carboxylic acids is 1. The van der Waals surface area contributed by atoms with Crippen LogP contribution >= 0.6 is 24.2 Å². The fourth-order valence-corrected chi connectivity index (χ4v) is 3.48. The van der Waals surface area contributed by atoms with Gasteiger partial charge in [0.25, 0.3) is 5.76 Å². The van der Waals surface area contributed by atoms with Gasteiger partial charge >= 0.3 is 5.97 Å². The Bertz CT molecular complexity index is 614. The molecule has 1 saturated heterocycles. The van der Waals surface area contributed by atoms with E-state index < -0.39 is 11.7 Å². The Morgan fingerprint density at radius 3 is 2.41 bits per heavy atom. The Balaban J connectivity index is 0.00000364. The normalized spacial score (nSPS) is 15.6. The Kier molecular flexibility index (Phi) is 10.00. The number of amides is 1. The average Bonchev–Trinajstić information content (AvgIpc) is 2.56. The summed E-state index contributed by atoms with van der Waals surface area (Å²) in [5.41, 5.74) is 0.574. The van der Waals surface area contributed by atoms with Crippen LogP contribution in [0.15, 0.2) is 29.2 Å². The van der Waals surface area contributed by atoms with Gasteiger partial charge in [0, 0.05) is 29.7 Å². The number of thioether (sulfide) groups is 1. The molecule has 1 aliphatic heterocycles. The minimum Gasteiger partial charge on any atom is -0.480 e. The van der Waals surface area contributed by atoms with Crippen LogP contribution in [0.5, 0.6) is 0 Å². The zero-order chi connectivity index (χ0) is 19.1. The third-order valence-corrected chi connectivity index (χ3v) is 5.02. The second-order valence-corrected chi connectivity index (χ2v) is 7.33. The maximum Gasteiger partial charge on any atom is 0.317 e. The lowest BCUT2D eigenvalue weighted by molar-refractivity contribution is -0.138. The monoisotopic (exact) mass is 423 g/mol. The van der Waals surface area contributed by atoms with Crippen molar-refractivity contribution in [1.29, 1.82) is 0 Å². The molecule has 10 heteroatoms. The van der Waals surface area contributed by atoms with E-state index in [4.69, 9.17) is 5.11 Å². The second kappa shape index (κ2) is 11.4. The number of hydrogen-bond donors (Lipinski definition) is 2. The van der Waals surface area contributed by atoms with Crippen LogP contribution in [0.25, 0.3) is 0 Å². The summed E-state index contributed by atoms with van der Waals surface area (Å²) >= 11 is 0.466. The van der Waals surface area contributed by atoms with Crippen molar-refractivity contribution in [1.82, 2.24) is 9.80 Å². The topological polar surface area (TPSA) is 72.9 Å². The number of likely N-dealkylation sites (N-methyl/N-ethyl adjacent to an activating group) is 1. The van der Waals surface area contributed by atoms with Crippen molar-refractivity contribution < 1.29 is 23.5 Å². The van der Waals surface area contributed by atoms with Gasteiger partial charge in [-0.1, -0.05) is 11.8 Å². The predicted octanol–water partition coefficient (Wildman–Crippen LogP) is 2.84. The van der Waals surface area contributed by atoms with Gasteiger partial charge < -0.3 is 10.4 Å². The van der Waals surface area contributed by atoms with Crippen molar-refractivity contribution >= 4 is 41.7 Å². The van der Waals surface area contributed by atoms with Crippen LogP contribution in [-0.2, 0) is 9.59 Å². The van der Waals surface area contributed by atoms with E-state index in [0.717, 1.165) is 25.9 Å². The number of nitrogens with one attached hydrogen (secondary N) is 1. The van der Waals surface area contributed by atoms with Crippen LogP contribution in [0, 0.1) is 0 Å². The van der Waals surface area contributed by atoms with Crippen LogP contribution in [0.4, 0.5) is 14.5 Å². The Morgan fingerprint density at radius 2 is 1.89 bits per heavy atom. The number of alkyl halides is 2. The van der Waals surface area contributed by atoms with Gasteiger partial charge in [-0.3, -0.25) is 19.4 Å². The summed E-state index contributed by atoms with van der Waals surface area (Å²) in [5, 5.41) is 11.6. The number of hydrogen-bond acceptors (Lipinski definition) is 5. The number of benzene rings is 1. The van der Waals surface area contributed by atoms with Crippen LogP contribution < -0.4 is 5.32 Å². The van der Waals surface area contributed by atoms with E-state index in [1.165, 1.54) is 0 Å². The van der Waals surface area contributed by atoms with Gasteiger partial charge in [-0.15, -0.1) is 12.4 Å². The molecule has 1 heterocycles. The number of nitrogens with zero attached hydrogens (tertiary/aromatic N) is 2. The van der Waals surface area contributed by atoms with Crippen LogP contribution in [-0.4, -0.2) is 71.8 Å². The number of likely N-dealkylation sites (tertiary alicyclic amines) is 1. The molecule has 27 heavy (non-hydrogen) atoms. The molecule has 6 nitrogen and oxygen atoms in total. The molecule has 2 N–H and O–H groups in total. The molecule has 0 unspecified atom stereocenters. The van der Waals surface area contributed by atoms with Crippen molar-refractivity contribution in [3.63, 3.8) is 0 Å². The lowest BCUT2D eigenvalue weighted by atomic mass is 10.0. The van der Waals surface area contributed by atoms with Crippen molar-refractivity contribution in [3.05, 3.63) is 24.3 Å². The molecule has 0 radical (unpaired) electrons. The summed E-state index contributed by atoms with van der Waals surface area (Å²) in [7, 11) is 1.80. The summed E-state index contributed by atoms with van der Waals surface area (Å²) in [6, 6.07) is 6.53. The van der Waals surface area contributed by atoms with Crippen LogP contribution in [0.2, 0.25) is 0 Å². The van der Waals surface area contributed by atoms with Crippen LogP contribution in [0.1, 0.15) is 12.8 Å². The number of carbonyl (C=O) groups is 2. The first-order valence-corrected chi connectivity index (χ1v) is 9.20. The molecule has 0 saturated carbocycles. The molecular weight excluding hydrogens is 400 g/mol. The zero-order valence-corrected chi connectivity index (χ0v) is 16.6. The SMILES string of the molecule is CN(CC(=O)O)C1CCN(CC(=O)Nc2ccc(SC(F)F)cc2)CC1.Cl. The van der Waals surface area contributed by atoms with E-state index in [1.807, 2.05) is 9.80 Å². The molecule has 2 rings (SSSR count). The maximum atomic E-state index is 12.3. The standard InChI is InChI=1S/C17H23F2N3O3S.ClH/c1-21(11-16(24)25)13-6-8-22(9-7-13)10-15(23)20-12-2-4-14(5-3-12)26-17(18)19;/h2-5,13,17H,6-11H2,1H3,(H,20,23)(H,24,25);1H. The van der Waals surface area contributed by atoms with E-state index in [9.17, 15) is 18.4 Å². The molecule has 0 aromatic heterocycles. The van der Waals surface area contributed by atoms with E-state index in [1.54, 1.807) is 31.3 Å². The molecule has 1 aromatic rings. The highest BCUT2D eigenvalue weighted by molar-refractivity contribution is 7.99. The number of anilines is 1. The van der Waals surface area contributed by atoms with E-state index in [0.29, 0.717) is 22.3 Å². The highest BCUT2D eigenvalue weighted by Gasteiger charge is 2.24. The first-order chi connectivity index (χ1) is 12.3. The number of halogens is 3. The predicted molar refractivity (Wildman–Crippen MR) is 104 cm³/mol. The molecular formula is C17H24ClF2N3O3S. The van der Waals surface area contributed by atoms with Gasteiger partial charge in [-0.25, -0.2) is 0 Å². The third-order valence-electron chi connectivity index (χ3n) is 4.30. The quantitative estimate of drug-likeness (QED) is 0.626. The first-order valence-electron chi connectivity index (χ1n) is 8.32. The van der Waals surface area contributed by atoms with Gasteiger partial charge in [0.2, 0.25) is 5.91 Å². The molecule has 0 atom stereocenters. The van der Waals surface area contributed by atoms with Crippen molar-refractivity contribution in [2.24, 2.45) is 0 Å². The van der Waals surface area contributed by atoms with Gasteiger partial charge in [0.05, 0.1) is 13.1 Å². The lowest BCUT2D eigenvalue weighted by Gasteiger charge is -2.35. The minimum atomic E-state index is -2.46. The minimum absolute atomic E-state index is 0. The van der Waals surface area contributed by atoms with Crippen molar-refractivity contribution in [2.45, 2.75) is 29.5 Å². The van der Waals surface area contributed by atoms with E-state index in [-0.39, 0.29) is 37.4 Å². The van der Waals surface area contributed by atoms with Crippen molar-refractivity contribution in [3.8, 4) is 0 Å². The summed E-state index contributed by atoms with van der Waals surface area (Å²) in [6.45, 7) is 1.73. The molecule has 1 fully saturated rings. The summed E-state index contributed by atoms with van der Waals surface area (Å²) in [4.78, 5) is 27.2. The Labute approximate surface area is 167 Å². The molecule has 1 amide bonds. The summed E-state index contributed by atoms with van der Waals surface area (Å²) in [5.74, 6) is -3.46. The fraction of sp³-hybridized carbons (Fsp3) is 0.529. The zero-order valence-electron chi connectivity index (χ0n) is 14.9. The molecule has 0 bridgehead atoms. The largest absolute Gasteiger partial charge is 0.480 e. The second-order valence-electron chi connectivity index (χ2n) is 6.27. The first kappa shape index (κ1) is 23.6. The number of aliphatic carboxylic acids is 1. The Morgan fingerprint density at radius 1 is 1.30 bits per heavy atom. The Hall–Kier alpha value is -1.42. The number of rotatable bonds is 8. The number of piperidine rings is 1. The number of carboxylic acid groups (broad SMARTS) is 1.